The van der Waals surface area contributed by atoms with Crippen molar-refractivity contribution in [3.8, 4) is 0 Å². The average Bonchev–Trinajstić information content (AvgIpc) is 2.81. The summed E-state index contributed by atoms with van der Waals surface area (Å²) in [5, 5.41) is 0. The number of carbonyl (C=O) groups is 1. The number of unbranched alkanes of at least 4 members (excludes halogenated alkanes) is 15. The van der Waals surface area contributed by atoms with Gasteiger partial charge in [-0.05, 0) is 12.8 Å². The zero-order valence-electron chi connectivity index (χ0n) is 25.0. The van der Waals surface area contributed by atoms with Gasteiger partial charge in [0.25, 0.3) is 7.82 Å². The van der Waals surface area contributed by atoms with Crippen molar-refractivity contribution in [2.24, 2.45) is 0 Å². The fourth-order valence-corrected chi connectivity index (χ4v) is 4.71. The lowest BCUT2D eigenvalue weighted by Gasteiger charge is -2.28. The van der Waals surface area contributed by atoms with Gasteiger partial charge in [0.1, 0.15) is 19.3 Å². The van der Waals surface area contributed by atoms with Crippen LogP contribution in [0.3, 0.4) is 0 Å². The molecule has 0 aliphatic rings. The van der Waals surface area contributed by atoms with E-state index in [4.69, 9.17) is 13.8 Å². The fourth-order valence-electron chi connectivity index (χ4n) is 3.98. The Labute approximate surface area is 228 Å². The molecule has 0 bridgehead atoms. The molecule has 0 aromatic carbocycles. The summed E-state index contributed by atoms with van der Waals surface area (Å²) in [5.74, 6) is 0. The number of hydrogen-bond donors (Lipinski definition) is 0. The molecule has 0 heterocycles. The maximum absolute atomic E-state index is 12.1. The summed E-state index contributed by atoms with van der Waals surface area (Å²) in [5.41, 5.74) is 0. The third kappa shape index (κ3) is 25.4. The highest BCUT2D eigenvalue weighted by Crippen LogP contribution is 2.38. The highest BCUT2D eigenvalue weighted by Gasteiger charge is 2.20. The van der Waals surface area contributed by atoms with Crippen LogP contribution in [0, 0.1) is 0 Å². The van der Waals surface area contributed by atoms with Crippen LogP contribution < -0.4 is 4.89 Å². The van der Waals surface area contributed by atoms with Crippen LogP contribution in [0.1, 0.15) is 116 Å². The van der Waals surface area contributed by atoms with Crippen molar-refractivity contribution in [2.45, 2.75) is 122 Å². The maximum Gasteiger partial charge on any atom is 0.409 e. The summed E-state index contributed by atoms with van der Waals surface area (Å²) in [4.78, 5) is 25.4. The van der Waals surface area contributed by atoms with Crippen molar-refractivity contribution in [1.82, 2.24) is 4.90 Å². The molecule has 0 aliphatic heterocycles. The molecular formula is C28H59N2O6P. The number of phosphoric ester groups is 1. The van der Waals surface area contributed by atoms with Gasteiger partial charge < -0.3 is 28.1 Å². The minimum Gasteiger partial charge on any atom is -0.756 e. The van der Waals surface area contributed by atoms with Gasteiger partial charge in [0.2, 0.25) is 0 Å². The Bertz CT molecular complexity index is 598. The van der Waals surface area contributed by atoms with Crippen LogP contribution >= 0.6 is 7.82 Å². The zero-order valence-corrected chi connectivity index (χ0v) is 25.9. The van der Waals surface area contributed by atoms with Crippen molar-refractivity contribution in [3.05, 3.63) is 0 Å². The van der Waals surface area contributed by atoms with Gasteiger partial charge in [-0.3, -0.25) is 4.57 Å². The second-order valence-corrected chi connectivity index (χ2v) is 13.0. The minimum atomic E-state index is -4.44. The van der Waals surface area contributed by atoms with E-state index in [9.17, 15) is 14.3 Å². The van der Waals surface area contributed by atoms with Crippen LogP contribution in [0.2, 0.25) is 0 Å². The fraction of sp³-hybridized carbons (Fsp3) is 0.964. The molecule has 0 saturated carbocycles. The number of amides is 1. The first-order valence-corrected chi connectivity index (χ1v) is 16.2. The van der Waals surface area contributed by atoms with Gasteiger partial charge >= 0.3 is 6.09 Å². The van der Waals surface area contributed by atoms with E-state index in [-0.39, 0.29) is 13.2 Å². The van der Waals surface area contributed by atoms with Crippen LogP contribution in [0.15, 0.2) is 0 Å². The SMILES string of the molecule is CCCCCCCCCCCCCCCCCCC(COP(=O)([O-])OCC[N+](C)(C)C)OC(=O)N(C)C. The number of hydrogen-bond acceptors (Lipinski definition) is 6. The number of rotatable bonds is 25. The summed E-state index contributed by atoms with van der Waals surface area (Å²) >= 11 is 0. The Morgan fingerprint density at radius 1 is 0.784 bits per heavy atom. The molecule has 0 spiro atoms. The molecule has 0 aromatic heterocycles. The van der Waals surface area contributed by atoms with Gasteiger partial charge in [-0.25, -0.2) is 4.79 Å². The lowest BCUT2D eigenvalue weighted by atomic mass is 10.0. The van der Waals surface area contributed by atoms with Gasteiger partial charge in [-0.15, -0.1) is 0 Å². The number of quaternary nitrogens is 1. The quantitative estimate of drug-likeness (QED) is 0.0697. The van der Waals surface area contributed by atoms with Crippen LogP contribution in [0.4, 0.5) is 4.79 Å². The van der Waals surface area contributed by atoms with Gasteiger partial charge in [-0.1, -0.05) is 103 Å². The third-order valence-corrected chi connectivity index (χ3v) is 7.41. The molecule has 2 unspecified atom stereocenters. The number of phosphoric acid groups is 1. The molecule has 0 rings (SSSR count). The first-order valence-electron chi connectivity index (χ1n) is 14.8. The normalized spacial score (nSPS) is 14.4. The van der Waals surface area contributed by atoms with Crippen molar-refractivity contribution in [3.63, 3.8) is 0 Å². The molecule has 0 N–H and O–H groups in total. The summed E-state index contributed by atoms with van der Waals surface area (Å²) in [7, 11) is 4.62. The van der Waals surface area contributed by atoms with E-state index in [1.54, 1.807) is 14.1 Å². The third-order valence-electron chi connectivity index (χ3n) is 6.44. The van der Waals surface area contributed by atoms with Crippen LogP contribution in [0.5, 0.6) is 0 Å². The van der Waals surface area contributed by atoms with Crippen LogP contribution in [-0.2, 0) is 18.3 Å². The molecule has 0 radical (unpaired) electrons. The van der Waals surface area contributed by atoms with E-state index in [0.717, 1.165) is 19.3 Å². The van der Waals surface area contributed by atoms with E-state index >= 15 is 0 Å². The standard InChI is InChI=1S/C28H59N2O6P/c1-7-8-9-10-11-12-13-14-15-16-17-18-19-20-21-22-23-27(36-28(31)29(2)3)26-35-37(32,33)34-25-24-30(4,5)6/h27H,7-26H2,1-6H3. The highest BCUT2D eigenvalue weighted by molar-refractivity contribution is 7.45. The van der Waals surface area contributed by atoms with Crippen LogP contribution in [0.25, 0.3) is 0 Å². The second kappa shape index (κ2) is 22.2. The van der Waals surface area contributed by atoms with E-state index in [1.165, 1.54) is 88.4 Å². The van der Waals surface area contributed by atoms with E-state index in [1.807, 2.05) is 21.1 Å². The Morgan fingerprint density at radius 2 is 1.22 bits per heavy atom. The van der Waals surface area contributed by atoms with Gasteiger partial charge in [0, 0.05) is 14.1 Å². The summed E-state index contributed by atoms with van der Waals surface area (Å²) in [6.45, 7) is 2.63. The molecule has 0 aromatic rings. The number of nitrogens with zero attached hydrogens (tertiary/aromatic N) is 2. The Balaban J connectivity index is 3.98. The smallest absolute Gasteiger partial charge is 0.409 e. The lowest BCUT2D eigenvalue weighted by Crippen LogP contribution is -2.37. The van der Waals surface area contributed by atoms with Crippen molar-refractivity contribution in [2.75, 3.05) is 55.0 Å². The molecule has 37 heavy (non-hydrogen) atoms. The van der Waals surface area contributed by atoms with Crippen molar-refractivity contribution >= 4 is 13.9 Å². The largest absolute Gasteiger partial charge is 0.756 e. The Kier molecular flexibility index (Phi) is 21.8. The molecule has 0 aliphatic carbocycles. The van der Waals surface area contributed by atoms with E-state index < -0.39 is 20.0 Å². The molecule has 8 nitrogen and oxygen atoms in total. The molecule has 2 atom stereocenters. The summed E-state index contributed by atoms with van der Waals surface area (Å²) < 4.78 is 28.1. The first-order chi connectivity index (χ1) is 17.5. The minimum absolute atomic E-state index is 0.0472. The molecule has 0 saturated heterocycles. The van der Waals surface area contributed by atoms with Gasteiger partial charge in [0.05, 0.1) is 27.7 Å². The molecule has 9 heteroatoms. The van der Waals surface area contributed by atoms with Gasteiger partial charge in [0.15, 0.2) is 0 Å². The number of likely N-dealkylation sites (N-methyl/N-ethyl adjacent to an activating group) is 1. The summed E-state index contributed by atoms with van der Waals surface area (Å²) in [6.07, 6.45) is 20.0. The highest BCUT2D eigenvalue weighted by atomic mass is 31.2. The first kappa shape index (κ1) is 36.3. The monoisotopic (exact) mass is 550 g/mol. The molecule has 222 valence electrons. The molecule has 0 fully saturated rings. The predicted octanol–water partition coefficient (Wildman–Crippen LogP) is 6.91. The number of carbonyl (C=O) groups excluding carboxylic acids is 1. The second-order valence-electron chi connectivity index (χ2n) is 11.6. The van der Waals surface area contributed by atoms with Crippen molar-refractivity contribution in [1.29, 1.82) is 0 Å². The predicted molar refractivity (Wildman–Crippen MR) is 151 cm³/mol. The van der Waals surface area contributed by atoms with Crippen molar-refractivity contribution < 1.29 is 32.5 Å². The van der Waals surface area contributed by atoms with E-state index in [2.05, 4.69) is 6.92 Å². The number of ether oxygens (including phenoxy) is 1. The van der Waals surface area contributed by atoms with Gasteiger partial charge in [-0.2, -0.15) is 0 Å². The molecular weight excluding hydrogens is 491 g/mol. The summed E-state index contributed by atoms with van der Waals surface area (Å²) in [6, 6.07) is 0. The maximum atomic E-state index is 12.1. The lowest BCUT2D eigenvalue weighted by molar-refractivity contribution is -0.870. The Hall–Kier alpha value is -0.660. The van der Waals surface area contributed by atoms with Crippen LogP contribution in [-0.4, -0.2) is 76.6 Å². The zero-order chi connectivity index (χ0) is 28.0. The molecule has 1 amide bonds. The average molecular weight is 551 g/mol. The topological polar surface area (TPSA) is 88.1 Å². The van der Waals surface area contributed by atoms with E-state index in [0.29, 0.717) is 17.4 Å². The Morgan fingerprint density at radius 3 is 1.62 bits per heavy atom.